The zero-order chi connectivity index (χ0) is 14.3. The lowest BCUT2D eigenvalue weighted by atomic mass is 9.92. The van der Waals surface area contributed by atoms with E-state index in [2.05, 4.69) is 10.6 Å². The molecule has 0 aromatic heterocycles. The minimum absolute atomic E-state index is 0.0121. The third kappa shape index (κ3) is 2.64. The van der Waals surface area contributed by atoms with E-state index >= 15 is 0 Å². The molecular formula is C14H15Cl3N2O. The number of piperidine rings is 1. The standard InChI is InChI=1S/C14H15Cl3N2O/c15-8-5-10(16)12(11(17)6-8)19-13(20)9-7-14(9)1-3-18-4-2-14/h5-6,9,18H,1-4,7H2,(H,19,20). The first kappa shape index (κ1) is 14.5. The predicted octanol–water partition coefficient (Wildman–Crippen LogP) is 3.98. The van der Waals surface area contributed by atoms with Gasteiger partial charge in [-0.15, -0.1) is 0 Å². The van der Waals surface area contributed by atoms with Crippen LogP contribution in [0.2, 0.25) is 15.1 Å². The van der Waals surface area contributed by atoms with E-state index in [-0.39, 0.29) is 17.2 Å². The molecule has 1 aromatic carbocycles. The van der Waals surface area contributed by atoms with Crippen LogP contribution in [0.25, 0.3) is 0 Å². The van der Waals surface area contributed by atoms with Crippen LogP contribution in [0.4, 0.5) is 5.69 Å². The molecule has 1 aromatic rings. The monoisotopic (exact) mass is 332 g/mol. The molecule has 1 saturated heterocycles. The van der Waals surface area contributed by atoms with Crippen molar-refractivity contribution in [3.63, 3.8) is 0 Å². The van der Waals surface area contributed by atoms with Gasteiger partial charge in [-0.2, -0.15) is 0 Å². The Morgan fingerprint density at radius 1 is 1.20 bits per heavy atom. The molecule has 2 N–H and O–H groups in total. The number of carbonyl (C=O) groups is 1. The summed E-state index contributed by atoms with van der Waals surface area (Å²) in [7, 11) is 0. The third-order valence-corrected chi connectivity index (χ3v) is 5.18. The van der Waals surface area contributed by atoms with Gasteiger partial charge in [0.25, 0.3) is 0 Å². The molecule has 3 rings (SSSR count). The summed E-state index contributed by atoms with van der Waals surface area (Å²) in [5, 5.41) is 7.38. The zero-order valence-corrected chi connectivity index (χ0v) is 13.1. The molecule has 1 heterocycles. The van der Waals surface area contributed by atoms with Crippen molar-refractivity contribution in [1.29, 1.82) is 0 Å². The maximum Gasteiger partial charge on any atom is 0.228 e. The second kappa shape index (κ2) is 5.38. The van der Waals surface area contributed by atoms with Crippen LogP contribution in [0.15, 0.2) is 12.1 Å². The van der Waals surface area contributed by atoms with Gasteiger partial charge in [-0.25, -0.2) is 0 Å². The van der Waals surface area contributed by atoms with Crippen molar-refractivity contribution in [3.8, 4) is 0 Å². The molecule has 0 radical (unpaired) electrons. The molecule has 1 spiro atoms. The lowest BCUT2D eigenvalue weighted by Gasteiger charge is -2.23. The zero-order valence-electron chi connectivity index (χ0n) is 10.8. The minimum atomic E-state index is 0.0121. The van der Waals surface area contributed by atoms with Gasteiger partial charge in [-0.3, -0.25) is 4.79 Å². The maximum absolute atomic E-state index is 12.4. The minimum Gasteiger partial charge on any atom is -0.323 e. The van der Waals surface area contributed by atoms with Crippen molar-refractivity contribution in [2.45, 2.75) is 19.3 Å². The Morgan fingerprint density at radius 3 is 2.40 bits per heavy atom. The van der Waals surface area contributed by atoms with Crippen LogP contribution in [0, 0.1) is 11.3 Å². The van der Waals surface area contributed by atoms with Crippen LogP contribution in [0.1, 0.15) is 19.3 Å². The molecule has 2 aliphatic rings. The van der Waals surface area contributed by atoms with E-state index in [0.29, 0.717) is 20.8 Å². The van der Waals surface area contributed by atoms with Crippen molar-refractivity contribution in [1.82, 2.24) is 5.32 Å². The summed E-state index contributed by atoms with van der Waals surface area (Å²) >= 11 is 18.0. The largest absolute Gasteiger partial charge is 0.323 e. The summed E-state index contributed by atoms with van der Waals surface area (Å²) < 4.78 is 0. The molecule has 20 heavy (non-hydrogen) atoms. The van der Waals surface area contributed by atoms with Crippen LogP contribution in [0.5, 0.6) is 0 Å². The Bertz CT molecular complexity index is 532. The molecule has 1 atom stereocenters. The summed E-state index contributed by atoms with van der Waals surface area (Å²) in [5.41, 5.74) is 0.652. The van der Waals surface area contributed by atoms with Crippen LogP contribution in [-0.2, 0) is 4.79 Å². The fourth-order valence-electron chi connectivity index (χ4n) is 3.07. The SMILES string of the molecule is O=C(Nc1c(Cl)cc(Cl)cc1Cl)C1CC12CCNCC2. The topological polar surface area (TPSA) is 41.1 Å². The lowest BCUT2D eigenvalue weighted by Crippen LogP contribution is -2.31. The fraction of sp³-hybridized carbons (Fsp3) is 0.500. The molecule has 6 heteroatoms. The number of hydrogen-bond donors (Lipinski definition) is 2. The van der Waals surface area contributed by atoms with Gasteiger partial charge in [0.2, 0.25) is 5.91 Å². The predicted molar refractivity (Wildman–Crippen MR) is 82.7 cm³/mol. The maximum atomic E-state index is 12.4. The third-order valence-electron chi connectivity index (χ3n) is 4.36. The first-order valence-electron chi connectivity index (χ1n) is 6.68. The van der Waals surface area contributed by atoms with Crippen LogP contribution < -0.4 is 10.6 Å². The molecule has 0 bridgehead atoms. The van der Waals surface area contributed by atoms with Crippen molar-refractivity contribution in [3.05, 3.63) is 27.2 Å². The summed E-state index contributed by atoms with van der Waals surface area (Å²) in [6.07, 6.45) is 3.09. The van der Waals surface area contributed by atoms with Gasteiger partial charge < -0.3 is 10.6 Å². The number of anilines is 1. The van der Waals surface area contributed by atoms with Crippen LogP contribution >= 0.6 is 34.8 Å². The number of carbonyl (C=O) groups excluding carboxylic acids is 1. The van der Waals surface area contributed by atoms with Gasteiger partial charge in [0, 0.05) is 10.9 Å². The van der Waals surface area contributed by atoms with Gasteiger partial charge in [0.05, 0.1) is 15.7 Å². The van der Waals surface area contributed by atoms with Crippen molar-refractivity contribution in [2.75, 3.05) is 18.4 Å². The van der Waals surface area contributed by atoms with E-state index in [1.54, 1.807) is 12.1 Å². The van der Waals surface area contributed by atoms with Gasteiger partial charge in [-0.1, -0.05) is 34.8 Å². The Balaban J connectivity index is 1.72. The summed E-state index contributed by atoms with van der Waals surface area (Å²) in [5.74, 6) is 0.0884. The average molecular weight is 334 g/mol. The first-order valence-corrected chi connectivity index (χ1v) is 7.81. The summed E-state index contributed by atoms with van der Waals surface area (Å²) in [4.78, 5) is 12.4. The smallest absolute Gasteiger partial charge is 0.228 e. The fourth-order valence-corrected chi connectivity index (χ4v) is 3.98. The highest BCUT2D eigenvalue weighted by Crippen LogP contribution is 2.59. The average Bonchev–Trinajstić information content (AvgIpc) is 3.08. The Kier molecular flexibility index (Phi) is 3.89. The van der Waals surface area contributed by atoms with Gasteiger partial charge in [-0.05, 0) is 49.9 Å². The summed E-state index contributed by atoms with van der Waals surface area (Å²) in [6, 6.07) is 3.16. The molecule has 2 fully saturated rings. The molecular weight excluding hydrogens is 319 g/mol. The molecule has 1 saturated carbocycles. The van der Waals surface area contributed by atoms with E-state index < -0.39 is 0 Å². The van der Waals surface area contributed by atoms with Crippen molar-refractivity contribution < 1.29 is 4.79 Å². The van der Waals surface area contributed by atoms with Crippen LogP contribution in [-0.4, -0.2) is 19.0 Å². The van der Waals surface area contributed by atoms with Crippen molar-refractivity contribution in [2.24, 2.45) is 11.3 Å². The number of amides is 1. The van der Waals surface area contributed by atoms with E-state index in [4.69, 9.17) is 34.8 Å². The second-order valence-corrected chi connectivity index (χ2v) is 6.85. The second-order valence-electron chi connectivity index (χ2n) is 5.60. The highest BCUT2D eigenvalue weighted by molar-refractivity contribution is 6.42. The number of benzene rings is 1. The van der Waals surface area contributed by atoms with E-state index in [1.165, 1.54) is 0 Å². The van der Waals surface area contributed by atoms with Gasteiger partial charge in [0.1, 0.15) is 0 Å². The Hall–Kier alpha value is -0.480. The van der Waals surface area contributed by atoms with Crippen LogP contribution in [0.3, 0.4) is 0 Å². The van der Waals surface area contributed by atoms with Gasteiger partial charge >= 0.3 is 0 Å². The molecule has 1 aliphatic heterocycles. The highest BCUT2D eigenvalue weighted by atomic mass is 35.5. The van der Waals surface area contributed by atoms with E-state index in [1.807, 2.05) is 0 Å². The normalized spacial score (nSPS) is 23.6. The Labute approximate surface area is 133 Å². The first-order chi connectivity index (χ1) is 9.52. The number of hydrogen-bond acceptors (Lipinski definition) is 2. The molecule has 1 amide bonds. The number of rotatable bonds is 2. The summed E-state index contributed by atoms with van der Waals surface area (Å²) in [6.45, 7) is 1.98. The Morgan fingerprint density at radius 2 is 1.80 bits per heavy atom. The quantitative estimate of drug-likeness (QED) is 0.859. The van der Waals surface area contributed by atoms with Gasteiger partial charge in [0.15, 0.2) is 0 Å². The molecule has 1 aliphatic carbocycles. The van der Waals surface area contributed by atoms with Crippen molar-refractivity contribution >= 4 is 46.4 Å². The lowest BCUT2D eigenvalue weighted by molar-refractivity contribution is -0.118. The molecule has 3 nitrogen and oxygen atoms in total. The molecule has 1 unspecified atom stereocenters. The van der Waals surface area contributed by atoms with E-state index in [0.717, 1.165) is 32.4 Å². The number of nitrogens with one attached hydrogen (secondary N) is 2. The number of halogens is 3. The molecule has 108 valence electrons. The highest BCUT2D eigenvalue weighted by Gasteiger charge is 2.57. The van der Waals surface area contributed by atoms with E-state index in [9.17, 15) is 4.79 Å².